The molecule has 6 N–H and O–H groups in total. The molecular formula is C37H47N7O7. The van der Waals surface area contributed by atoms with Crippen LogP contribution in [0.15, 0.2) is 60.7 Å². The normalized spacial score (nSPS) is 22.9. The number of aryl methyl sites for hydroxylation is 2. The van der Waals surface area contributed by atoms with E-state index in [1.807, 2.05) is 30.3 Å². The second-order valence-corrected chi connectivity index (χ2v) is 13.2. The SMILES string of the molecule is Cc1cc(C(=O)N[C@H]2Cc3ccc(cc3)OC[C@H](Cc3ccccc3)NC(=O)[C@@H](C(C)C)NC(=O)[C@H]([C@@H](C)O)NC(=O)[C@@H](C)NC2=O)nc(C)n1. The highest BCUT2D eigenvalue weighted by atomic mass is 16.5. The van der Waals surface area contributed by atoms with E-state index >= 15 is 0 Å². The molecule has 14 nitrogen and oxygen atoms in total. The quantitative estimate of drug-likeness (QED) is 0.204. The van der Waals surface area contributed by atoms with Gasteiger partial charge in [-0.05, 0) is 69.4 Å². The molecule has 0 spiro atoms. The molecule has 272 valence electrons. The van der Waals surface area contributed by atoms with Crippen molar-refractivity contribution in [2.45, 2.75) is 90.7 Å². The Hall–Kier alpha value is -5.37. The number of carbonyl (C=O) groups excluding carboxylic acids is 5. The van der Waals surface area contributed by atoms with Crippen molar-refractivity contribution in [3.8, 4) is 5.75 Å². The van der Waals surface area contributed by atoms with Crippen molar-refractivity contribution in [3.63, 3.8) is 0 Å². The van der Waals surface area contributed by atoms with Gasteiger partial charge >= 0.3 is 0 Å². The molecule has 5 amide bonds. The van der Waals surface area contributed by atoms with E-state index < -0.39 is 65.8 Å². The van der Waals surface area contributed by atoms with Crippen molar-refractivity contribution >= 4 is 29.5 Å². The second kappa shape index (κ2) is 17.5. The lowest BCUT2D eigenvalue weighted by Crippen LogP contribution is -2.61. The van der Waals surface area contributed by atoms with Crippen LogP contribution in [-0.4, -0.2) is 87.5 Å². The van der Waals surface area contributed by atoms with Crippen LogP contribution in [0.5, 0.6) is 5.75 Å². The largest absolute Gasteiger partial charge is 0.491 e. The van der Waals surface area contributed by atoms with E-state index in [0.717, 1.165) is 5.56 Å². The van der Waals surface area contributed by atoms with Crippen molar-refractivity contribution < 1.29 is 33.8 Å². The number of ether oxygens (including phenoxy) is 1. The third-order valence-electron chi connectivity index (χ3n) is 8.37. The number of amides is 5. The average Bonchev–Trinajstić information content (AvgIpc) is 3.07. The lowest BCUT2D eigenvalue weighted by molar-refractivity contribution is -0.136. The fraction of sp³-hybridized carbons (Fsp3) is 0.432. The Kier molecular flexibility index (Phi) is 13.2. The van der Waals surface area contributed by atoms with E-state index in [4.69, 9.17) is 4.74 Å². The topological polar surface area (TPSA) is 201 Å². The Morgan fingerprint density at radius 2 is 1.51 bits per heavy atom. The van der Waals surface area contributed by atoms with Gasteiger partial charge in [0.2, 0.25) is 23.6 Å². The Bertz CT molecular complexity index is 1680. The summed E-state index contributed by atoms with van der Waals surface area (Å²) >= 11 is 0. The number of rotatable bonds is 6. The molecule has 2 aliphatic rings. The number of carbonyl (C=O) groups is 5. The first kappa shape index (κ1) is 38.4. The van der Waals surface area contributed by atoms with Crippen molar-refractivity contribution in [2.24, 2.45) is 5.92 Å². The number of hydrogen-bond donors (Lipinski definition) is 6. The van der Waals surface area contributed by atoms with E-state index in [9.17, 15) is 29.1 Å². The molecule has 2 aromatic carbocycles. The average molecular weight is 702 g/mol. The van der Waals surface area contributed by atoms with Gasteiger partial charge < -0.3 is 36.4 Å². The molecule has 1 aromatic heterocycles. The van der Waals surface area contributed by atoms with Crippen LogP contribution in [0.4, 0.5) is 0 Å². The van der Waals surface area contributed by atoms with Crippen LogP contribution in [0.2, 0.25) is 0 Å². The molecule has 2 aliphatic heterocycles. The number of fused-ring (bicyclic) bond motifs is 17. The Morgan fingerprint density at radius 3 is 2.14 bits per heavy atom. The zero-order valence-corrected chi connectivity index (χ0v) is 29.7. The molecule has 51 heavy (non-hydrogen) atoms. The summed E-state index contributed by atoms with van der Waals surface area (Å²) in [6.07, 6.45) is -0.855. The molecule has 3 heterocycles. The molecule has 5 rings (SSSR count). The highest BCUT2D eigenvalue weighted by molar-refractivity contribution is 5.98. The maximum Gasteiger partial charge on any atom is 0.270 e. The van der Waals surface area contributed by atoms with Gasteiger partial charge in [-0.25, -0.2) is 9.97 Å². The lowest BCUT2D eigenvalue weighted by Gasteiger charge is -2.29. The second-order valence-electron chi connectivity index (χ2n) is 13.2. The highest BCUT2D eigenvalue weighted by Gasteiger charge is 2.34. The van der Waals surface area contributed by atoms with Gasteiger partial charge in [-0.15, -0.1) is 0 Å². The monoisotopic (exact) mass is 701 g/mol. The molecule has 0 saturated carbocycles. The fourth-order valence-corrected chi connectivity index (χ4v) is 5.61. The van der Waals surface area contributed by atoms with Gasteiger partial charge in [-0.1, -0.05) is 56.3 Å². The van der Waals surface area contributed by atoms with E-state index in [-0.39, 0.29) is 24.6 Å². The van der Waals surface area contributed by atoms with Crippen LogP contribution >= 0.6 is 0 Å². The van der Waals surface area contributed by atoms with Gasteiger partial charge in [0.25, 0.3) is 5.91 Å². The molecular weight excluding hydrogens is 654 g/mol. The van der Waals surface area contributed by atoms with Crippen LogP contribution in [0.25, 0.3) is 0 Å². The first-order chi connectivity index (χ1) is 24.2. The number of nitrogens with zero attached hydrogens (tertiary/aromatic N) is 2. The Morgan fingerprint density at radius 1 is 0.863 bits per heavy atom. The van der Waals surface area contributed by atoms with Crippen molar-refractivity contribution in [1.29, 1.82) is 0 Å². The number of nitrogens with one attached hydrogen (secondary N) is 5. The molecule has 3 aromatic rings. The number of benzene rings is 2. The fourth-order valence-electron chi connectivity index (χ4n) is 5.61. The van der Waals surface area contributed by atoms with Crippen molar-refractivity contribution in [1.82, 2.24) is 36.6 Å². The zero-order chi connectivity index (χ0) is 37.2. The summed E-state index contributed by atoms with van der Waals surface area (Å²) in [5, 5.41) is 24.0. The first-order valence-electron chi connectivity index (χ1n) is 17.0. The number of aliphatic hydroxyl groups is 1. The summed E-state index contributed by atoms with van der Waals surface area (Å²) < 4.78 is 6.11. The predicted octanol–water partition coefficient (Wildman–Crippen LogP) is 1.07. The van der Waals surface area contributed by atoms with E-state index in [1.165, 1.54) is 19.9 Å². The summed E-state index contributed by atoms with van der Waals surface area (Å²) in [5.74, 6) is -2.72. The maximum atomic E-state index is 13.6. The molecule has 0 unspecified atom stereocenters. The molecule has 0 fully saturated rings. The highest BCUT2D eigenvalue weighted by Crippen LogP contribution is 2.16. The summed E-state index contributed by atoms with van der Waals surface area (Å²) in [6, 6.07) is 12.8. The number of aromatic nitrogens is 2. The minimum absolute atomic E-state index is 0.0528. The minimum Gasteiger partial charge on any atom is -0.491 e. The third-order valence-corrected chi connectivity index (χ3v) is 8.37. The van der Waals surface area contributed by atoms with Crippen LogP contribution in [-0.2, 0) is 32.0 Å². The number of aliphatic hydroxyl groups excluding tert-OH is 1. The molecule has 0 radical (unpaired) electrons. The van der Waals surface area contributed by atoms with Crippen LogP contribution in [0.1, 0.15) is 60.8 Å². The van der Waals surface area contributed by atoms with Crippen LogP contribution in [0, 0.1) is 19.8 Å². The van der Waals surface area contributed by atoms with Gasteiger partial charge in [0.1, 0.15) is 48.0 Å². The minimum atomic E-state index is -1.45. The third kappa shape index (κ3) is 11.1. The standard InChI is InChI=1S/C37H47N7O7/c1-20(2)31-36(49)41-27(17-25-10-8-7-9-11-25)19-51-28-14-12-26(13-15-28)18-30(42-35(48)29-16-21(3)38-24(6)40-29)34(47)39-22(4)33(46)44-32(23(5)45)37(50)43-31/h7-16,20,22-23,27,30-32,45H,17-19H2,1-6H3,(H,39,47)(H,41,49)(H,42,48)(H,43,50)(H,44,46)/t22-,23-,27+,30+,31-,32+/m1/s1. The molecule has 0 aliphatic carbocycles. The van der Waals surface area contributed by atoms with Gasteiger partial charge in [0.05, 0.1) is 12.1 Å². The van der Waals surface area contributed by atoms with E-state index in [2.05, 4.69) is 36.6 Å². The smallest absolute Gasteiger partial charge is 0.270 e. The lowest BCUT2D eigenvalue weighted by atomic mass is 10.0. The summed E-state index contributed by atoms with van der Waals surface area (Å²) in [7, 11) is 0. The molecule has 0 saturated heterocycles. The summed E-state index contributed by atoms with van der Waals surface area (Å²) in [5.41, 5.74) is 2.31. The molecule has 6 atom stereocenters. The van der Waals surface area contributed by atoms with Gasteiger partial charge in [-0.2, -0.15) is 0 Å². The summed E-state index contributed by atoms with van der Waals surface area (Å²) in [4.78, 5) is 75.7. The maximum absolute atomic E-state index is 13.6. The van der Waals surface area contributed by atoms with Gasteiger partial charge in [0.15, 0.2) is 0 Å². The van der Waals surface area contributed by atoms with E-state index in [1.54, 1.807) is 52.0 Å². The van der Waals surface area contributed by atoms with Crippen LogP contribution < -0.4 is 31.3 Å². The van der Waals surface area contributed by atoms with Crippen molar-refractivity contribution in [2.75, 3.05) is 6.61 Å². The molecule has 2 bridgehead atoms. The predicted molar refractivity (Wildman–Crippen MR) is 188 cm³/mol. The summed E-state index contributed by atoms with van der Waals surface area (Å²) in [6.45, 7) is 9.76. The Balaban J connectivity index is 1.67. The van der Waals surface area contributed by atoms with Crippen molar-refractivity contribution in [3.05, 3.63) is 89.0 Å². The first-order valence-corrected chi connectivity index (χ1v) is 17.0. The zero-order valence-electron chi connectivity index (χ0n) is 29.7. The van der Waals surface area contributed by atoms with Crippen LogP contribution in [0.3, 0.4) is 0 Å². The number of hydrogen-bond acceptors (Lipinski definition) is 9. The van der Waals surface area contributed by atoms with Gasteiger partial charge in [-0.3, -0.25) is 24.0 Å². The Labute approximate surface area is 297 Å². The van der Waals surface area contributed by atoms with Gasteiger partial charge in [0, 0.05) is 12.1 Å². The van der Waals surface area contributed by atoms with E-state index in [0.29, 0.717) is 29.3 Å². The molecule has 14 heteroatoms.